The van der Waals surface area contributed by atoms with Crippen molar-refractivity contribution >= 4 is 16.8 Å². The van der Waals surface area contributed by atoms with E-state index in [9.17, 15) is 9.59 Å². The molecule has 0 aliphatic carbocycles. The number of nitrogens with one attached hydrogen (secondary N) is 1. The van der Waals surface area contributed by atoms with Gasteiger partial charge in [-0.15, -0.1) is 0 Å². The van der Waals surface area contributed by atoms with Crippen molar-refractivity contribution < 1.29 is 4.79 Å². The van der Waals surface area contributed by atoms with Gasteiger partial charge >= 0.3 is 0 Å². The molecular formula is C22H21N5O2. The molecule has 0 spiro atoms. The van der Waals surface area contributed by atoms with Gasteiger partial charge in [0.1, 0.15) is 6.54 Å². The van der Waals surface area contributed by atoms with Gasteiger partial charge in [0.25, 0.3) is 5.56 Å². The van der Waals surface area contributed by atoms with Crippen molar-refractivity contribution in [1.29, 1.82) is 0 Å². The van der Waals surface area contributed by atoms with Crippen LogP contribution in [0.25, 0.3) is 16.6 Å². The predicted molar refractivity (Wildman–Crippen MR) is 111 cm³/mol. The first-order valence-corrected chi connectivity index (χ1v) is 9.42. The summed E-state index contributed by atoms with van der Waals surface area (Å²) < 4.78 is 3.14. The summed E-state index contributed by atoms with van der Waals surface area (Å²) in [6, 6.07) is 15.4. The average Bonchev–Trinajstić information content (AvgIpc) is 3.26. The van der Waals surface area contributed by atoms with Gasteiger partial charge in [0.05, 0.1) is 22.9 Å². The van der Waals surface area contributed by atoms with Crippen molar-refractivity contribution in [2.45, 2.75) is 19.9 Å². The summed E-state index contributed by atoms with van der Waals surface area (Å²) in [4.78, 5) is 29.2. The van der Waals surface area contributed by atoms with Crippen LogP contribution in [0.5, 0.6) is 0 Å². The molecular weight excluding hydrogens is 366 g/mol. The zero-order valence-corrected chi connectivity index (χ0v) is 16.1. The van der Waals surface area contributed by atoms with Crippen LogP contribution >= 0.6 is 0 Å². The Morgan fingerprint density at radius 2 is 1.93 bits per heavy atom. The molecule has 0 saturated heterocycles. The molecule has 0 saturated carbocycles. The Bertz CT molecular complexity index is 1190. The van der Waals surface area contributed by atoms with Gasteiger partial charge in [-0.1, -0.05) is 24.3 Å². The number of hydrogen-bond donors (Lipinski definition) is 1. The number of carbonyl (C=O) groups excluding carboxylic acids is 1. The first-order valence-electron chi connectivity index (χ1n) is 9.42. The summed E-state index contributed by atoms with van der Waals surface area (Å²) in [6.07, 6.45) is 5.77. The molecule has 0 bridgehead atoms. The zero-order chi connectivity index (χ0) is 20.2. The normalized spacial score (nSPS) is 10.9. The van der Waals surface area contributed by atoms with Crippen LogP contribution in [0.2, 0.25) is 0 Å². The van der Waals surface area contributed by atoms with E-state index in [1.807, 2.05) is 55.6 Å². The molecule has 7 heteroatoms. The first-order chi connectivity index (χ1) is 14.1. The zero-order valence-electron chi connectivity index (χ0n) is 16.1. The fourth-order valence-electron chi connectivity index (χ4n) is 3.24. The molecule has 29 heavy (non-hydrogen) atoms. The van der Waals surface area contributed by atoms with Crippen molar-refractivity contribution in [3.05, 3.63) is 88.7 Å². The lowest BCUT2D eigenvalue weighted by atomic mass is 10.1. The van der Waals surface area contributed by atoms with E-state index in [0.29, 0.717) is 23.9 Å². The Balaban J connectivity index is 1.34. The topological polar surface area (TPSA) is 81.8 Å². The summed E-state index contributed by atoms with van der Waals surface area (Å²) in [5.41, 5.74) is 3.51. The summed E-state index contributed by atoms with van der Waals surface area (Å²) in [6.45, 7) is 2.36. The lowest BCUT2D eigenvalue weighted by Crippen LogP contribution is -2.33. The van der Waals surface area contributed by atoms with E-state index in [4.69, 9.17) is 0 Å². The Kier molecular flexibility index (Phi) is 5.20. The second-order valence-corrected chi connectivity index (χ2v) is 6.87. The highest BCUT2D eigenvalue weighted by molar-refractivity contribution is 5.81. The minimum Gasteiger partial charge on any atom is -0.354 e. The Hall–Kier alpha value is -3.74. The Morgan fingerprint density at radius 1 is 1.10 bits per heavy atom. The van der Waals surface area contributed by atoms with Crippen LogP contribution in [0.15, 0.2) is 72.0 Å². The summed E-state index contributed by atoms with van der Waals surface area (Å²) in [5, 5.41) is 7.59. The number of carbonyl (C=O) groups is 1. The molecule has 0 atom stereocenters. The van der Waals surface area contributed by atoms with Gasteiger partial charge in [-0.2, -0.15) is 5.10 Å². The summed E-state index contributed by atoms with van der Waals surface area (Å²) in [7, 11) is 0. The monoisotopic (exact) mass is 387 g/mol. The molecule has 2 aromatic carbocycles. The van der Waals surface area contributed by atoms with E-state index in [1.54, 1.807) is 16.9 Å². The number of aromatic nitrogens is 4. The molecule has 0 fully saturated rings. The highest BCUT2D eigenvalue weighted by Gasteiger charge is 2.09. The smallest absolute Gasteiger partial charge is 0.261 e. The third-order valence-corrected chi connectivity index (χ3v) is 4.81. The molecule has 0 unspecified atom stereocenters. The molecule has 7 nitrogen and oxygen atoms in total. The van der Waals surface area contributed by atoms with Crippen LogP contribution < -0.4 is 10.9 Å². The minimum atomic E-state index is -0.214. The summed E-state index contributed by atoms with van der Waals surface area (Å²) >= 11 is 0. The third-order valence-electron chi connectivity index (χ3n) is 4.81. The molecule has 2 heterocycles. The van der Waals surface area contributed by atoms with Crippen molar-refractivity contribution in [2.75, 3.05) is 6.54 Å². The van der Waals surface area contributed by atoms with Crippen LogP contribution in [-0.2, 0) is 17.8 Å². The lowest BCUT2D eigenvalue weighted by Gasteiger charge is -2.09. The Morgan fingerprint density at radius 3 is 2.69 bits per heavy atom. The van der Waals surface area contributed by atoms with E-state index in [1.165, 1.54) is 10.9 Å². The van der Waals surface area contributed by atoms with Gasteiger partial charge in [-0.25, -0.2) is 9.67 Å². The molecule has 146 valence electrons. The molecule has 4 rings (SSSR count). The number of fused-ring (bicyclic) bond motifs is 1. The van der Waals surface area contributed by atoms with Crippen LogP contribution in [0, 0.1) is 6.92 Å². The number of amides is 1. The number of para-hydroxylation sites is 1. The van der Waals surface area contributed by atoms with E-state index in [-0.39, 0.29) is 18.0 Å². The maximum atomic E-state index is 12.6. The largest absolute Gasteiger partial charge is 0.354 e. The second-order valence-electron chi connectivity index (χ2n) is 6.87. The van der Waals surface area contributed by atoms with Crippen LogP contribution in [0.4, 0.5) is 0 Å². The Labute approximate surface area is 167 Å². The molecule has 1 amide bonds. The molecule has 0 aliphatic heterocycles. The molecule has 0 radical (unpaired) electrons. The van der Waals surface area contributed by atoms with Crippen LogP contribution in [0.1, 0.15) is 11.1 Å². The molecule has 2 aromatic heterocycles. The van der Waals surface area contributed by atoms with Crippen LogP contribution in [-0.4, -0.2) is 31.8 Å². The van der Waals surface area contributed by atoms with Crippen molar-refractivity contribution in [1.82, 2.24) is 24.6 Å². The van der Waals surface area contributed by atoms with Gasteiger partial charge in [0, 0.05) is 18.9 Å². The van der Waals surface area contributed by atoms with Crippen molar-refractivity contribution in [3.63, 3.8) is 0 Å². The van der Waals surface area contributed by atoms with E-state index in [2.05, 4.69) is 15.4 Å². The first kappa shape index (κ1) is 18.6. The van der Waals surface area contributed by atoms with Crippen molar-refractivity contribution in [3.8, 4) is 5.69 Å². The molecule has 1 N–H and O–H groups in total. The molecule has 0 aliphatic rings. The highest BCUT2D eigenvalue weighted by Crippen LogP contribution is 2.11. The van der Waals surface area contributed by atoms with Gasteiger partial charge in [0.2, 0.25) is 5.91 Å². The molecule has 4 aromatic rings. The third kappa shape index (κ3) is 4.08. The number of rotatable bonds is 6. The number of benzene rings is 2. The maximum absolute atomic E-state index is 12.6. The van der Waals surface area contributed by atoms with E-state index < -0.39 is 0 Å². The van der Waals surface area contributed by atoms with Gasteiger partial charge < -0.3 is 5.32 Å². The predicted octanol–water partition coefficient (Wildman–Crippen LogP) is 2.25. The fraction of sp³-hybridized carbons (Fsp3) is 0.182. The van der Waals surface area contributed by atoms with Crippen molar-refractivity contribution in [2.24, 2.45) is 0 Å². The number of nitrogens with zero attached hydrogens (tertiary/aromatic N) is 4. The van der Waals surface area contributed by atoms with E-state index in [0.717, 1.165) is 16.8 Å². The number of hydrogen-bond acceptors (Lipinski definition) is 4. The standard InChI is InChI=1S/C22H21N5O2/c1-16-4-2-5-19-21(16)24-15-26(22(19)29)14-20(28)23-12-10-17-6-8-18(9-7-17)27-13-3-11-25-27/h2-9,11,13,15H,10,12,14H2,1H3,(H,23,28). The van der Waals surface area contributed by atoms with Crippen LogP contribution in [0.3, 0.4) is 0 Å². The van der Waals surface area contributed by atoms with E-state index >= 15 is 0 Å². The number of aryl methyl sites for hydroxylation is 1. The van der Waals surface area contributed by atoms with Gasteiger partial charge in [-0.3, -0.25) is 14.2 Å². The SMILES string of the molecule is Cc1cccc2c(=O)n(CC(=O)NCCc3ccc(-n4cccn4)cc3)cnc12. The lowest BCUT2D eigenvalue weighted by molar-refractivity contribution is -0.121. The highest BCUT2D eigenvalue weighted by atomic mass is 16.2. The second kappa shape index (κ2) is 8.10. The van der Waals surface area contributed by atoms with Gasteiger partial charge in [-0.05, 0) is 48.7 Å². The van der Waals surface area contributed by atoms with Gasteiger partial charge in [0.15, 0.2) is 0 Å². The maximum Gasteiger partial charge on any atom is 0.261 e. The quantitative estimate of drug-likeness (QED) is 0.550. The minimum absolute atomic E-state index is 0.0477. The average molecular weight is 387 g/mol. The fourth-order valence-corrected chi connectivity index (χ4v) is 3.24. The summed E-state index contributed by atoms with van der Waals surface area (Å²) in [5.74, 6) is -0.214.